The molecule has 0 atom stereocenters. The van der Waals surface area contributed by atoms with E-state index < -0.39 is 0 Å². The molecule has 126 valence electrons. The first-order valence-corrected chi connectivity index (χ1v) is 8.51. The number of nitrogens with one attached hydrogen (secondary N) is 1. The zero-order valence-electron chi connectivity index (χ0n) is 15.0. The van der Waals surface area contributed by atoms with E-state index in [1.54, 1.807) is 0 Å². The fourth-order valence-corrected chi connectivity index (χ4v) is 2.13. The molecule has 1 rings (SSSR count). The van der Waals surface area contributed by atoms with Gasteiger partial charge in [-0.15, -0.1) is 0 Å². The van der Waals surface area contributed by atoms with Gasteiger partial charge in [-0.3, -0.25) is 4.99 Å². The molecule has 1 N–H and O–H groups in total. The van der Waals surface area contributed by atoms with E-state index in [9.17, 15) is 0 Å². The third-order valence-electron chi connectivity index (χ3n) is 3.51. The highest BCUT2D eigenvalue weighted by Gasteiger charge is 1.95. The molecule has 0 radical (unpaired) electrons. The van der Waals surface area contributed by atoms with Gasteiger partial charge >= 0.3 is 0 Å². The second kappa shape index (κ2) is 11.5. The van der Waals surface area contributed by atoms with Gasteiger partial charge < -0.3 is 10.2 Å². The molecule has 0 saturated carbocycles. The van der Waals surface area contributed by atoms with Crippen molar-refractivity contribution in [3.63, 3.8) is 0 Å². The molecule has 0 amide bonds. The average Bonchev–Trinajstić information content (AvgIpc) is 2.54. The highest BCUT2D eigenvalue weighted by atomic mass is 15.1. The smallest absolute Gasteiger partial charge is 0.0389 e. The Morgan fingerprint density at radius 1 is 1.09 bits per heavy atom. The van der Waals surface area contributed by atoms with E-state index in [0.29, 0.717) is 0 Å². The molecule has 0 bridgehead atoms. The minimum Gasteiger partial charge on any atom is -0.378 e. The van der Waals surface area contributed by atoms with Crippen LogP contribution in [0.1, 0.15) is 39.5 Å². The van der Waals surface area contributed by atoms with Crippen molar-refractivity contribution in [2.24, 2.45) is 4.99 Å². The van der Waals surface area contributed by atoms with Gasteiger partial charge in [-0.05, 0) is 49.8 Å². The molecular weight excluding hydrogens is 282 g/mol. The van der Waals surface area contributed by atoms with Gasteiger partial charge in [0.2, 0.25) is 0 Å². The summed E-state index contributed by atoms with van der Waals surface area (Å²) in [6, 6.07) is 8.40. The highest BCUT2D eigenvalue weighted by Crippen LogP contribution is 2.16. The Bertz CT molecular complexity index is 510. The first-order chi connectivity index (χ1) is 11.1. The summed E-state index contributed by atoms with van der Waals surface area (Å²) in [6.07, 6.45) is 13.0. The fraction of sp³-hybridized carbons (Fsp3) is 0.450. The maximum atomic E-state index is 4.38. The van der Waals surface area contributed by atoms with Crippen molar-refractivity contribution in [2.75, 3.05) is 30.9 Å². The molecule has 3 heteroatoms. The molecule has 0 saturated heterocycles. The van der Waals surface area contributed by atoms with E-state index in [0.717, 1.165) is 17.9 Å². The Kier molecular flexibility index (Phi) is 9.53. The zero-order chi connectivity index (χ0) is 16.9. The topological polar surface area (TPSA) is 27.6 Å². The fourth-order valence-electron chi connectivity index (χ4n) is 2.13. The number of anilines is 2. The lowest BCUT2D eigenvalue weighted by atomic mass is 10.2. The van der Waals surface area contributed by atoms with Crippen LogP contribution in [-0.4, -0.2) is 26.9 Å². The van der Waals surface area contributed by atoms with Gasteiger partial charge in [-0.2, -0.15) is 0 Å². The van der Waals surface area contributed by atoms with E-state index in [4.69, 9.17) is 0 Å². The van der Waals surface area contributed by atoms with Gasteiger partial charge in [0.15, 0.2) is 0 Å². The molecule has 0 spiro atoms. The number of nitrogens with zero attached hydrogens (tertiary/aromatic N) is 2. The minimum atomic E-state index is 0.934. The third-order valence-corrected chi connectivity index (χ3v) is 3.51. The lowest BCUT2D eigenvalue weighted by Gasteiger charge is -2.13. The predicted octanol–water partition coefficient (Wildman–Crippen LogP) is 5.28. The molecule has 0 aliphatic carbocycles. The zero-order valence-corrected chi connectivity index (χ0v) is 15.0. The number of unbranched alkanes of at least 4 members (excludes halogenated alkanes) is 3. The maximum Gasteiger partial charge on any atom is 0.0389 e. The van der Waals surface area contributed by atoms with Crippen molar-refractivity contribution in [3.8, 4) is 0 Å². The van der Waals surface area contributed by atoms with Crippen molar-refractivity contribution in [2.45, 2.75) is 39.5 Å². The molecule has 0 aromatic heterocycles. The van der Waals surface area contributed by atoms with Crippen LogP contribution in [0.5, 0.6) is 0 Å². The lowest BCUT2D eigenvalue weighted by Crippen LogP contribution is -2.08. The van der Waals surface area contributed by atoms with Gasteiger partial charge in [0.1, 0.15) is 0 Å². The number of benzene rings is 1. The third kappa shape index (κ3) is 8.87. The van der Waals surface area contributed by atoms with E-state index in [2.05, 4.69) is 59.4 Å². The summed E-state index contributed by atoms with van der Waals surface area (Å²) >= 11 is 0. The summed E-state index contributed by atoms with van der Waals surface area (Å²) in [5.74, 6) is 0. The number of aliphatic imine (C=N–C) groups is 1. The Labute approximate surface area is 141 Å². The minimum absolute atomic E-state index is 0.934. The summed E-state index contributed by atoms with van der Waals surface area (Å²) < 4.78 is 0. The number of rotatable bonds is 10. The van der Waals surface area contributed by atoms with E-state index >= 15 is 0 Å². The van der Waals surface area contributed by atoms with E-state index in [1.165, 1.54) is 31.4 Å². The monoisotopic (exact) mass is 313 g/mol. The van der Waals surface area contributed by atoms with Crippen LogP contribution in [-0.2, 0) is 0 Å². The summed E-state index contributed by atoms with van der Waals surface area (Å²) in [5, 5.41) is 3.38. The van der Waals surface area contributed by atoms with Crippen LogP contribution in [0.4, 0.5) is 11.4 Å². The van der Waals surface area contributed by atoms with Crippen LogP contribution < -0.4 is 10.2 Å². The van der Waals surface area contributed by atoms with Gasteiger partial charge in [0.25, 0.3) is 0 Å². The van der Waals surface area contributed by atoms with E-state index in [-0.39, 0.29) is 0 Å². The SMILES string of the molecule is CCCCCC/N=C/C=C\C=C(/C)Nc1ccc(N(C)C)cc1. The first-order valence-electron chi connectivity index (χ1n) is 8.51. The first kappa shape index (κ1) is 19.0. The largest absolute Gasteiger partial charge is 0.378 e. The number of hydrogen-bond acceptors (Lipinski definition) is 3. The molecule has 0 aliphatic rings. The molecule has 0 unspecified atom stereocenters. The Hall–Kier alpha value is -2.03. The maximum absolute atomic E-state index is 4.38. The van der Waals surface area contributed by atoms with Crippen molar-refractivity contribution >= 4 is 17.6 Å². The van der Waals surface area contributed by atoms with Crippen molar-refractivity contribution < 1.29 is 0 Å². The number of hydrogen-bond donors (Lipinski definition) is 1. The molecular formula is C20H31N3. The Morgan fingerprint density at radius 2 is 1.83 bits per heavy atom. The molecule has 0 aliphatic heterocycles. The lowest BCUT2D eigenvalue weighted by molar-refractivity contribution is 0.676. The molecule has 3 nitrogen and oxygen atoms in total. The molecule has 0 heterocycles. The van der Waals surface area contributed by atoms with Crippen LogP contribution in [0.3, 0.4) is 0 Å². The van der Waals surface area contributed by atoms with Crippen LogP contribution >= 0.6 is 0 Å². The van der Waals surface area contributed by atoms with Crippen LogP contribution in [0.15, 0.2) is 53.2 Å². The second-order valence-corrected chi connectivity index (χ2v) is 5.92. The van der Waals surface area contributed by atoms with Gasteiger partial charge in [0.05, 0.1) is 0 Å². The normalized spacial score (nSPS) is 12.3. The Morgan fingerprint density at radius 3 is 2.48 bits per heavy atom. The van der Waals surface area contributed by atoms with Crippen LogP contribution in [0, 0.1) is 0 Å². The quantitative estimate of drug-likeness (QED) is 0.362. The highest BCUT2D eigenvalue weighted by molar-refractivity contribution is 5.71. The van der Waals surface area contributed by atoms with Crippen molar-refractivity contribution in [1.82, 2.24) is 0 Å². The number of allylic oxidation sites excluding steroid dienone is 4. The van der Waals surface area contributed by atoms with Crippen LogP contribution in [0.25, 0.3) is 0 Å². The van der Waals surface area contributed by atoms with Gasteiger partial charge in [0, 0.05) is 43.9 Å². The Balaban J connectivity index is 2.33. The molecule has 1 aromatic carbocycles. The van der Waals surface area contributed by atoms with Crippen LogP contribution in [0.2, 0.25) is 0 Å². The predicted molar refractivity (Wildman–Crippen MR) is 105 cm³/mol. The summed E-state index contributed by atoms with van der Waals surface area (Å²) in [4.78, 5) is 6.48. The molecule has 23 heavy (non-hydrogen) atoms. The van der Waals surface area contributed by atoms with Crippen molar-refractivity contribution in [3.05, 3.63) is 48.2 Å². The standard InChI is InChI=1S/C20H31N3/c1-5-6-7-9-16-21-17-10-8-11-18(2)22-19-12-14-20(15-13-19)23(3)4/h8,10-15,17,22H,5-7,9,16H2,1-4H3/b10-8-,18-11+,21-17+. The van der Waals surface area contributed by atoms with E-state index in [1.807, 2.05) is 32.5 Å². The van der Waals surface area contributed by atoms with Gasteiger partial charge in [-0.1, -0.05) is 32.3 Å². The van der Waals surface area contributed by atoms with Crippen molar-refractivity contribution in [1.29, 1.82) is 0 Å². The summed E-state index contributed by atoms with van der Waals surface area (Å²) in [5.41, 5.74) is 3.41. The molecule has 0 fully saturated rings. The molecule has 1 aromatic rings. The summed E-state index contributed by atoms with van der Waals surface area (Å²) in [6.45, 7) is 5.22. The van der Waals surface area contributed by atoms with Gasteiger partial charge in [-0.25, -0.2) is 0 Å². The average molecular weight is 313 g/mol. The second-order valence-electron chi connectivity index (χ2n) is 5.92. The summed E-state index contributed by atoms with van der Waals surface area (Å²) in [7, 11) is 4.09.